The second-order valence-electron chi connectivity index (χ2n) is 4.63. The van der Waals surface area contributed by atoms with E-state index in [2.05, 4.69) is 5.10 Å². The molecule has 3 aromatic rings. The van der Waals surface area contributed by atoms with Gasteiger partial charge in [-0.3, -0.25) is 4.68 Å². The smallest absolute Gasteiger partial charge is 0.262 e. The number of hydrogen-bond donors (Lipinski definition) is 0. The van der Waals surface area contributed by atoms with Crippen molar-refractivity contribution < 1.29 is 14.2 Å². The Hall–Kier alpha value is -2.76. The first kappa shape index (κ1) is 13.2. The van der Waals surface area contributed by atoms with Gasteiger partial charge in [0.1, 0.15) is 17.5 Å². The molecule has 2 aromatic heterocycles. The zero-order chi connectivity index (χ0) is 14.8. The van der Waals surface area contributed by atoms with E-state index in [0.717, 1.165) is 21.6 Å². The predicted octanol–water partition coefficient (Wildman–Crippen LogP) is 1.74. The van der Waals surface area contributed by atoms with Gasteiger partial charge in [0.25, 0.3) is 5.52 Å². The monoisotopic (exact) mass is 285 g/mol. The lowest BCUT2D eigenvalue weighted by Crippen LogP contribution is -2.26. The number of pyridine rings is 1. The third kappa shape index (κ3) is 2.47. The van der Waals surface area contributed by atoms with Crippen LogP contribution < -0.4 is 14.2 Å². The number of aromatic nitrogens is 3. The highest BCUT2D eigenvalue weighted by Crippen LogP contribution is 2.18. The molecule has 0 aliphatic rings. The molecule has 0 spiro atoms. The number of hydrogen-bond acceptors (Lipinski definition) is 4. The molecule has 0 amide bonds. The molecular formula is C15H15N3O3. The number of rotatable bonds is 4. The summed E-state index contributed by atoms with van der Waals surface area (Å²) >= 11 is 0. The first-order chi connectivity index (χ1) is 10.2. The van der Waals surface area contributed by atoms with Crippen LogP contribution in [0.2, 0.25) is 0 Å². The van der Waals surface area contributed by atoms with Gasteiger partial charge in [-0.1, -0.05) is 12.1 Å². The van der Waals surface area contributed by atoms with E-state index in [4.69, 9.17) is 9.47 Å². The molecule has 108 valence electrons. The molecule has 0 unspecified atom stereocenters. The number of methoxy groups -OCH3 is 2. The summed E-state index contributed by atoms with van der Waals surface area (Å²) in [4.78, 5) is 0. The van der Waals surface area contributed by atoms with Gasteiger partial charge in [-0.15, -0.1) is 0 Å². The van der Waals surface area contributed by atoms with Crippen LogP contribution in [-0.2, 0) is 6.54 Å². The third-order valence-electron chi connectivity index (χ3n) is 3.35. The number of fused-ring (bicyclic) bond motifs is 1. The van der Waals surface area contributed by atoms with E-state index < -0.39 is 0 Å². The van der Waals surface area contributed by atoms with Crippen LogP contribution in [0.4, 0.5) is 0 Å². The summed E-state index contributed by atoms with van der Waals surface area (Å²) in [6.45, 7) is 0.570. The van der Waals surface area contributed by atoms with Crippen molar-refractivity contribution in [3.05, 3.63) is 53.5 Å². The van der Waals surface area contributed by atoms with Gasteiger partial charge < -0.3 is 14.7 Å². The minimum atomic E-state index is 0.508. The normalized spacial score (nSPS) is 10.8. The average Bonchev–Trinajstić information content (AvgIpc) is 2.91. The lowest BCUT2D eigenvalue weighted by molar-refractivity contribution is -0.577. The first-order valence-corrected chi connectivity index (χ1v) is 6.47. The molecule has 0 saturated carbocycles. The number of nitrogens with zero attached hydrogens (tertiary/aromatic N) is 3. The molecule has 21 heavy (non-hydrogen) atoms. The van der Waals surface area contributed by atoms with E-state index in [1.807, 2.05) is 24.3 Å². The topological polar surface area (TPSA) is 63.2 Å². The van der Waals surface area contributed by atoms with Gasteiger partial charge in [0.15, 0.2) is 5.75 Å². The SMILES string of the molecule is COc1ccc(Cn2ncc3c2cc(OC)c[n+]3[O-])cc1. The first-order valence-electron chi connectivity index (χ1n) is 6.47. The van der Waals surface area contributed by atoms with E-state index in [9.17, 15) is 5.21 Å². The van der Waals surface area contributed by atoms with Crippen LogP contribution in [0.3, 0.4) is 0 Å². The Balaban J connectivity index is 1.98. The molecule has 1 aromatic carbocycles. The summed E-state index contributed by atoms with van der Waals surface area (Å²) < 4.78 is 12.8. The lowest BCUT2D eigenvalue weighted by Gasteiger charge is -2.06. The van der Waals surface area contributed by atoms with Crippen molar-refractivity contribution in [3.63, 3.8) is 0 Å². The van der Waals surface area contributed by atoms with Crippen molar-refractivity contribution in [1.29, 1.82) is 0 Å². The second kappa shape index (κ2) is 5.32. The van der Waals surface area contributed by atoms with E-state index in [-0.39, 0.29) is 0 Å². The zero-order valence-corrected chi connectivity index (χ0v) is 11.8. The van der Waals surface area contributed by atoms with E-state index >= 15 is 0 Å². The van der Waals surface area contributed by atoms with Crippen LogP contribution in [0.5, 0.6) is 11.5 Å². The predicted molar refractivity (Wildman–Crippen MR) is 77.3 cm³/mol. The maximum Gasteiger partial charge on any atom is 0.262 e. The van der Waals surface area contributed by atoms with E-state index in [1.54, 1.807) is 24.1 Å². The molecule has 0 atom stereocenters. The summed E-state index contributed by atoms with van der Waals surface area (Å²) in [7, 11) is 3.17. The minimum absolute atomic E-state index is 0.508. The quantitative estimate of drug-likeness (QED) is 0.541. The van der Waals surface area contributed by atoms with Gasteiger partial charge in [-0.05, 0) is 17.7 Å². The minimum Gasteiger partial charge on any atom is -0.618 e. The fourth-order valence-electron chi connectivity index (χ4n) is 2.20. The number of ether oxygens (including phenoxy) is 2. The molecule has 0 radical (unpaired) electrons. The van der Waals surface area contributed by atoms with Crippen molar-refractivity contribution >= 4 is 11.0 Å². The summed E-state index contributed by atoms with van der Waals surface area (Å²) in [6, 6.07) is 9.54. The van der Waals surface area contributed by atoms with Crippen LogP contribution in [0.25, 0.3) is 11.0 Å². The lowest BCUT2D eigenvalue weighted by atomic mass is 10.2. The van der Waals surface area contributed by atoms with E-state index in [0.29, 0.717) is 17.8 Å². The maximum absolute atomic E-state index is 11.9. The Morgan fingerprint density at radius 3 is 2.52 bits per heavy atom. The molecular weight excluding hydrogens is 270 g/mol. The van der Waals surface area contributed by atoms with Gasteiger partial charge in [0, 0.05) is 6.07 Å². The Kier molecular flexibility index (Phi) is 3.35. The Morgan fingerprint density at radius 2 is 1.86 bits per heavy atom. The van der Waals surface area contributed by atoms with Gasteiger partial charge in [0.2, 0.25) is 6.20 Å². The molecule has 3 rings (SSSR count). The Bertz CT molecular complexity index is 766. The standard InChI is InChI=1S/C15H15N3O3/c1-20-12-5-3-11(4-6-12)9-17-14-7-13(21-2)10-18(19)15(14)8-16-17/h3-8,10H,9H2,1-2H3. The molecule has 2 heterocycles. The van der Waals surface area contributed by atoms with E-state index in [1.165, 1.54) is 13.3 Å². The summed E-state index contributed by atoms with van der Waals surface area (Å²) in [5.74, 6) is 1.32. The van der Waals surface area contributed by atoms with Gasteiger partial charge >= 0.3 is 0 Å². The third-order valence-corrected chi connectivity index (χ3v) is 3.35. The van der Waals surface area contributed by atoms with Crippen molar-refractivity contribution in [2.75, 3.05) is 14.2 Å². The molecule has 0 saturated heterocycles. The summed E-state index contributed by atoms with van der Waals surface area (Å²) in [6.07, 6.45) is 2.95. The van der Waals surface area contributed by atoms with Crippen LogP contribution >= 0.6 is 0 Å². The van der Waals surface area contributed by atoms with Crippen LogP contribution in [0, 0.1) is 5.21 Å². The number of benzene rings is 1. The maximum atomic E-state index is 11.9. The highest BCUT2D eigenvalue weighted by molar-refractivity contribution is 5.72. The second-order valence-corrected chi connectivity index (χ2v) is 4.63. The average molecular weight is 285 g/mol. The highest BCUT2D eigenvalue weighted by Gasteiger charge is 2.13. The molecule has 0 fully saturated rings. The largest absolute Gasteiger partial charge is 0.618 e. The Morgan fingerprint density at radius 1 is 1.14 bits per heavy atom. The van der Waals surface area contributed by atoms with Crippen molar-refractivity contribution in [1.82, 2.24) is 9.78 Å². The highest BCUT2D eigenvalue weighted by atomic mass is 16.5. The summed E-state index contributed by atoms with van der Waals surface area (Å²) in [5, 5.41) is 16.2. The van der Waals surface area contributed by atoms with Crippen LogP contribution in [-0.4, -0.2) is 24.0 Å². The fraction of sp³-hybridized carbons (Fsp3) is 0.200. The van der Waals surface area contributed by atoms with Gasteiger partial charge in [-0.2, -0.15) is 9.83 Å². The van der Waals surface area contributed by atoms with Crippen molar-refractivity contribution in [2.45, 2.75) is 6.54 Å². The molecule has 6 heteroatoms. The molecule has 0 bridgehead atoms. The van der Waals surface area contributed by atoms with Crippen molar-refractivity contribution in [2.24, 2.45) is 0 Å². The summed E-state index contributed by atoms with van der Waals surface area (Å²) in [5.41, 5.74) is 2.32. The molecule has 0 aliphatic carbocycles. The molecule has 6 nitrogen and oxygen atoms in total. The van der Waals surface area contributed by atoms with Gasteiger partial charge in [-0.25, -0.2) is 0 Å². The van der Waals surface area contributed by atoms with Crippen LogP contribution in [0.1, 0.15) is 5.56 Å². The molecule has 0 N–H and O–H groups in total. The zero-order valence-electron chi connectivity index (χ0n) is 11.8. The molecule has 0 aliphatic heterocycles. The van der Waals surface area contributed by atoms with Gasteiger partial charge in [0.05, 0.1) is 20.8 Å². The fourth-order valence-corrected chi connectivity index (χ4v) is 2.20. The Labute approximate surface area is 121 Å². The van der Waals surface area contributed by atoms with Crippen LogP contribution in [0.15, 0.2) is 42.7 Å². The van der Waals surface area contributed by atoms with Crippen molar-refractivity contribution in [3.8, 4) is 11.5 Å².